The first-order valence-electron chi connectivity index (χ1n) is 3.42. The lowest BCUT2D eigenvalue weighted by Gasteiger charge is -2.11. The zero-order valence-corrected chi connectivity index (χ0v) is 5.92. The molecule has 1 saturated carbocycles. The highest BCUT2D eigenvalue weighted by Crippen LogP contribution is 2.57. The van der Waals surface area contributed by atoms with Crippen LogP contribution in [0.4, 0.5) is 0 Å². The third-order valence-corrected chi connectivity index (χ3v) is 2.56. The minimum absolute atomic E-state index is 0.0498. The van der Waals surface area contributed by atoms with Gasteiger partial charge in [-0.25, -0.2) is 0 Å². The summed E-state index contributed by atoms with van der Waals surface area (Å²) in [6.07, 6.45) is 6.23. The Hall–Kier alpha value is -0.970. The SMILES string of the molecule is C#C[C@@]12C[C@@H]1C(=O)N(C)C2. The van der Waals surface area contributed by atoms with E-state index < -0.39 is 0 Å². The molecule has 0 aromatic rings. The summed E-state index contributed by atoms with van der Waals surface area (Å²) in [5.74, 6) is 3.12. The summed E-state index contributed by atoms with van der Waals surface area (Å²) in [7, 11) is 1.81. The number of fused-ring (bicyclic) bond motifs is 1. The number of hydrogen-bond acceptors (Lipinski definition) is 1. The number of carbonyl (C=O) groups is 1. The fourth-order valence-electron chi connectivity index (χ4n) is 1.78. The zero-order chi connectivity index (χ0) is 7.35. The van der Waals surface area contributed by atoms with Gasteiger partial charge in [-0.05, 0) is 6.42 Å². The van der Waals surface area contributed by atoms with Crippen molar-refractivity contribution >= 4 is 5.91 Å². The predicted octanol–water partition coefficient (Wildman–Crippen LogP) is 0.0979. The van der Waals surface area contributed by atoms with E-state index in [1.807, 2.05) is 7.05 Å². The van der Waals surface area contributed by atoms with Gasteiger partial charge in [-0.2, -0.15) is 0 Å². The zero-order valence-electron chi connectivity index (χ0n) is 5.92. The second-order valence-electron chi connectivity index (χ2n) is 3.25. The standard InChI is InChI=1S/C8H9NO/c1-3-8-4-6(8)7(10)9(2)5-8/h1,6H,4-5H2,2H3/t6-,8+/m1/s1. The van der Waals surface area contributed by atoms with Gasteiger partial charge in [0.05, 0.1) is 11.3 Å². The number of terminal acetylenes is 1. The topological polar surface area (TPSA) is 20.3 Å². The molecule has 0 aromatic heterocycles. The van der Waals surface area contributed by atoms with Gasteiger partial charge in [0.1, 0.15) is 0 Å². The van der Waals surface area contributed by atoms with Crippen LogP contribution >= 0.6 is 0 Å². The molecule has 1 amide bonds. The monoisotopic (exact) mass is 135 g/mol. The maximum Gasteiger partial charge on any atom is 0.227 e. The lowest BCUT2D eigenvalue weighted by molar-refractivity contribution is -0.128. The highest BCUT2D eigenvalue weighted by molar-refractivity contribution is 5.86. The minimum Gasteiger partial charge on any atom is -0.344 e. The summed E-state index contributed by atoms with van der Waals surface area (Å²) in [4.78, 5) is 12.9. The molecule has 1 saturated heterocycles. The Morgan fingerprint density at radius 3 is 2.90 bits per heavy atom. The van der Waals surface area contributed by atoms with Crippen molar-refractivity contribution in [2.75, 3.05) is 13.6 Å². The van der Waals surface area contributed by atoms with Crippen molar-refractivity contribution in [3.8, 4) is 12.3 Å². The van der Waals surface area contributed by atoms with Crippen LogP contribution in [-0.2, 0) is 4.79 Å². The van der Waals surface area contributed by atoms with Gasteiger partial charge in [0.15, 0.2) is 0 Å². The molecule has 0 spiro atoms. The first-order chi connectivity index (χ1) is 4.69. The molecule has 1 aliphatic heterocycles. The van der Waals surface area contributed by atoms with E-state index in [9.17, 15) is 4.79 Å². The van der Waals surface area contributed by atoms with Crippen molar-refractivity contribution in [2.24, 2.45) is 11.3 Å². The molecule has 2 aliphatic rings. The van der Waals surface area contributed by atoms with E-state index in [1.54, 1.807) is 4.90 Å². The minimum atomic E-state index is -0.0498. The molecule has 1 heterocycles. The molecule has 0 radical (unpaired) electrons. The highest BCUT2D eigenvalue weighted by Gasteiger charge is 2.63. The Bertz CT molecular complexity index is 240. The molecule has 52 valence electrons. The Balaban J connectivity index is 2.28. The normalized spacial score (nSPS) is 43.0. The second kappa shape index (κ2) is 1.37. The average Bonchev–Trinajstić information content (AvgIpc) is 2.57. The van der Waals surface area contributed by atoms with Crippen LogP contribution in [0.3, 0.4) is 0 Å². The molecular formula is C8H9NO. The average molecular weight is 135 g/mol. The van der Waals surface area contributed by atoms with Crippen LogP contribution in [0, 0.1) is 23.7 Å². The van der Waals surface area contributed by atoms with Crippen molar-refractivity contribution < 1.29 is 4.79 Å². The number of piperidine rings is 1. The quantitative estimate of drug-likeness (QED) is 0.431. The molecular weight excluding hydrogens is 126 g/mol. The Morgan fingerprint density at radius 2 is 2.60 bits per heavy atom. The smallest absolute Gasteiger partial charge is 0.227 e. The summed E-state index contributed by atoms with van der Waals surface area (Å²) < 4.78 is 0. The first-order valence-corrected chi connectivity index (χ1v) is 3.42. The van der Waals surface area contributed by atoms with Gasteiger partial charge < -0.3 is 4.90 Å². The fraction of sp³-hybridized carbons (Fsp3) is 0.625. The number of carbonyl (C=O) groups excluding carboxylic acids is 1. The van der Waals surface area contributed by atoms with Crippen LogP contribution in [0.15, 0.2) is 0 Å². The second-order valence-corrected chi connectivity index (χ2v) is 3.25. The molecule has 2 nitrogen and oxygen atoms in total. The molecule has 2 rings (SSSR count). The van der Waals surface area contributed by atoms with Gasteiger partial charge in [0.25, 0.3) is 0 Å². The van der Waals surface area contributed by atoms with Gasteiger partial charge in [-0.15, -0.1) is 6.42 Å². The van der Waals surface area contributed by atoms with Crippen LogP contribution in [0.2, 0.25) is 0 Å². The number of hydrogen-bond donors (Lipinski definition) is 0. The molecule has 0 unspecified atom stereocenters. The third-order valence-electron chi connectivity index (χ3n) is 2.56. The van der Waals surface area contributed by atoms with Crippen molar-refractivity contribution in [1.29, 1.82) is 0 Å². The number of nitrogens with zero attached hydrogens (tertiary/aromatic N) is 1. The lowest BCUT2D eigenvalue weighted by Crippen LogP contribution is -2.24. The largest absolute Gasteiger partial charge is 0.344 e. The van der Waals surface area contributed by atoms with Gasteiger partial charge in [-0.1, -0.05) is 5.92 Å². The van der Waals surface area contributed by atoms with Crippen LogP contribution in [0.5, 0.6) is 0 Å². The van der Waals surface area contributed by atoms with Gasteiger partial charge in [0.2, 0.25) is 5.91 Å². The summed E-state index contributed by atoms with van der Waals surface area (Å²) in [6.45, 7) is 0.771. The first kappa shape index (κ1) is 5.79. The van der Waals surface area contributed by atoms with E-state index in [1.165, 1.54) is 0 Å². The molecule has 0 N–H and O–H groups in total. The van der Waals surface area contributed by atoms with Crippen LogP contribution in [0.1, 0.15) is 6.42 Å². The maximum atomic E-state index is 11.1. The van der Waals surface area contributed by atoms with E-state index in [0.717, 1.165) is 13.0 Å². The Labute approximate surface area is 60.2 Å². The molecule has 2 atom stereocenters. The molecule has 0 aromatic carbocycles. The summed E-state index contributed by atoms with van der Waals surface area (Å²) >= 11 is 0. The Kier molecular flexibility index (Phi) is 0.792. The van der Waals surface area contributed by atoms with Crippen LogP contribution in [-0.4, -0.2) is 24.4 Å². The highest BCUT2D eigenvalue weighted by atomic mass is 16.2. The van der Waals surface area contributed by atoms with E-state index >= 15 is 0 Å². The molecule has 2 fully saturated rings. The van der Waals surface area contributed by atoms with Crippen molar-refractivity contribution in [2.45, 2.75) is 6.42 Å². The van der Waals surface area contributed by atoms with Crippen molar-refractivity contribution in [3.05, 3.63) is 0 Å². The van der Waals surface area contributed by atoms with Crippen molar-refractivity contribution in [3.63, 3.8) is 0 Å². The summed E-state index contributed by atoms with van der Waals surface area (Å²) in [6, 6.07) is 0. The lowest BCUT2D eigenvalue weighted by atomic mass is 10.1. The van der Waals surface area contributed by atoms with Crippen molar-refractivity contribution in [1.82, 2.24) is 4.90 Å². The third kappa shape index (κ3) is 0.443. The van der Waals surface area contributed by atoms with E-state index in [0.29, 0.717) is 0 Å². The number of rotatable bonds is 0. The summed E-state index contributed by atoms with van der Waals surface area (Å²) in [5, 5.41) is 0. The molecule has 2 heteroatoms. The Morgan fingerprint density at radius 1 is 1.90 bits per heavy atom. The fourth-order valence-corrected chi connectivity index (χ4v) is 1.78. The van der Waals surface area contributed by atoms with E-state index in [4.69, 9.17) is 6.42 Å². The van der Waals surface area contributed by atoms with Crippen LogP contribution in [0.25, 0.3) is 0 Å². The van der Waals surface area contributed by atoms with E-state index in [-0.39, 0.29) is 17.2 Å². The predicted molar refractivity (Wildman–Crippen MR) is 37.0 cm³/mol. The number of likely N-dealkylation sites (tertiary alicyclic amines) is 1. The van der Waals surface area contributed by atoms with Gasteiger partial charge >= 0.3 is 0 Å². The maximum absolute atomic E-state index is 11.1. The molecule has 0 bridgehead atoms. The number of amides is 1. The molecule has 10 heavy (non-hydrogen) atoms. The van der Waals surface area contributed by atoms with Gasteiger partial charge in [0, 0.05) is 13.6 Å². The van der Waals surface area contributed by atoms with Gasteiger partial charge in [-0.3, -0.25) is 4.79 Å². The van der Waals surface area contributed by atoms with Crippen LogP contribution < -0.4 is 0 Å². The molecule has 1 aliphatic carbocycles. The summed E-state index contributed by atoms with van der Waals surface area (Å²) in [5.41, 5.74) is -0.0498. The van der Waals surface area contributed by atoms with E-state index in [2.05, 4.69) is 5.92 Å².